The molecule has 0 amide bonds. The van der Waals surface area contributed by atoms with Crippen molar-refractivity contribution in [1.82, 2.24) is 4.98 Å². The minimum absolute atomic E-state index is 0.145. The van der Waals surface area contributed by atoms with E-state index in [-0.39, 0.29) is 21.2 Å². The van der Waals surface area contributed by atoms with Gasteiger partial charge in [0.1, 0.15) is 29.4 Å². The number of sulfonamides is 1. The van der Waals surface area contributed by atoms with E-state index in [1.807, 2.05) is 18.3 Å². The summed E-state index contributed by atoms with van der Waals surface area (Å²) in [5.41, 5.74) is 2.98. The predicted octanol–water partition coefficient (Wildman–Crippen LogP) is 6.06. The Bertz CT molecular complexity index is 1760. The van der Waals surface area contributed by atoms with Gasteiger partial charge in [0.25, 0.3) is 0 Å². The van der Waals surface area contributed by atoms with Crippen molar-refractivity contribution >= 4 is 32.6 Å². The highest BCUT2D eigenvalue weighted by molar-refractivity contribution is 7.85. The monoisotopic (exact) mass is 590 g/mol. The number of hydrogen-bond donors (Lipinski definition) is 1. The summed E-state index contributed by atoms with van der Waals surface area (Å²) in [4.78, 5) is 17.7. The molecular formula is C32H33FN3O5S+. The molecule has 2 aliphatic rings. The lowest BCUT2D eigenvalue weighted by Gasteiger charge is -2.47. The Balaban J connectivity index is 1.35. The molecule has 6 rings (SSSR count). The molecule has 218 valence electrons. The number of pyridine rings is 1. The molecule has 1 fully saturated rings. The van der Waals surface area contributed by atoms with Crippen LogP contribution in [0.3, 0.4) is 0 Å². The van der Waals surface area contributed by atoms with E-state index in [0.717, 1.165) is 27.6 Å². The number of hydrogen-bond acceptors (Lipinski definition) is 6. The third-order valence-corrected chi connectivity index (χ3v) is 11.5. The van der Waals surface area contributed by atoms with Gasteiger partial charge in [-0.25, -0.2) is 13.1 Å². The minimum Gasteiger partial charge on any atom is -0.449 e. The molecule has 0 spiro atoms. The van der Waals surface area contributed by atoms with Gasteiger partial charge in [0.2, 0.25) is 0 Å². The normalized spacial score (nSPS) is 18.9. The topological polar surface area (TPSA) is 96.8 Å². The zero-order valence-electron chi connectivity index (χ0n) is 23.3. The molecule has 0 radical (unpaired) electrons. The Labute approximate surface area is 244 Å². The van der Waals surface area contributed by atoms with Crippen LogP contribution in [0.25, 0.3) is 10.8 Å². The molecule has 10 heteroatoms. The highest BCUT2D eigenvalue weighted by Gasteiger charge is 2.53. The van der Waals surface area contributed by atoms with Crippen LogP contribution in [0.4, 0.5) is 14.9 Å². The van der Waals surface area contributed by atoms with Gasteiger partial charge in [-0.1, -0.05) is 30.3 Å². The van der Waals surface area contributed by atoms with Crippen molar-refractivity contribution in [2.75, 3.05) is 25.0 Å². The fourth-order valence-electron chi connectivity index (χ4n) is 6.79. The number of carbonyl (C=O) groups is 1. The Kier molecular flexibility index (Phi) is 7.36. The first-order valence-corrected chi connectivity index (χ1v) is 15.7. The Morgan fingerprint density at radius 1 is 1.05 bits per heavy atom. The largest absolute Gasteiger partial charge is 0.511 e. The molecule has 3 aromatic carbocycles. The lowest BCUT2D eigenvalue weighted by atomic mass is 9.98. The minimum atomic E-state index is -3.96. The zero-order chi connectivity index (χ0) is 29.5. The van der Waals surface area contributed by atoms with Gasteiger partial charge in [0.15, 0.2) is 0 Å². The van der Waals surface area contributed by atoms with Crippen LogP contribution < -0.4 is 9.64 Å². The molecule has 1 aliphatic heterocycles. The summed E-state index contributed by atoms with van der Waals surface area (Å²) in [5.74, 6) is -0.808. The standard InChI is InChI=1S/C32H32FN3O5S/c1-36(42(39,40)21-25-4-2-3-5-30(25)33,31-11-8-22-7-10-28(19-29(22)31)41-32(37)38)27-13-16-35(17-14-27)26-9-6-24-20-34-15-12-23(24)18-26/h2-7,9-10,12,15,18-20,27,31H,8,11,13-14,16-17,21H2,1H3/p+1. The summed E-state index contributed by atoms with van der Waals surface area (Å²) < 4.78 is 48.4. The second-order valence-corrected chi connectivity index (χ2v) is 13.5. The number of quaternary nitrogens is 1. The number of anilines is 1. The number of nitrogens with zero attached hydrogens (tertiary/aromatic N) is 3. The van der Waals surface area contributed by atoms with E-state index < -0.39 is 33.8 Å². The van der Waals surface area contributed by atoms with Crippen LogP contribution in [-0.4, -0.2) is 54.7 Å². The summed E-state index contributed by atoms with van der Waals surface area (Å²) in [5, 5.41) is 11.3. The average Bonchev–Trinajstić information content (AvgIpc) is 3.41. The number of aryl methyl sites for hydroxylation is 1. The lowest BCUT2D eigenvalue weighted by Crippen LogP contribution is -2.60. The van der Waals surface area contributed by atoms with E-state index in [0.29, 0.717) is 38.8 Å². The zero-order valence-corrected chi connectivity index (χ0v) is 24.1. The molecule has 0 bridgehead atoms. The van der Waals surface area contributed by atoms with Crippen molar-refractivity contribution < 1.29 is 31.3 Å². The molecule has 0 saturated carbocycles. The summed E-state index contributed by atoms with van der Waals surface area (Å²) in [7, 11) is -2.19. The first kappa shape index (κ1) is 28.1. The van der Waals surface area contributed by atoms with Crippen molar-refractivity contribution in [2.45, 2.75) is 43.5 Å². The summed E-state index contributed by atoms with van der Waals surface area (Å²) in [6.07, 6.45) is 4.68. The first-order chi connectivity index (χ1) is 20.2. The third kappa shape index (κ3) is 5.09. The number of rotatable bonds is 7. The van der Waals surface area contributed by atoms with Crippen LogP contribution in [0.2, 0.25) is 0 Å². The van der Waals surface area contributed by atoms with Gasteiger partial charge >= 0.3 is 16.2 Å². The first-order valence-electron chi connectivity index (χ1n) is 14.1. The van der Waals surface area contributed by atoms with Crippen molar-refractivity contribution in [1.29, 1.82) is 0 Å². The number of benzene rings is 3. The molecular weight excluding hydrogens is 557 g/mol. The van der Waals surface area contributed by atoms with Crippen LogP contribution in [0.15, 0.2) is 79.1 Å². The molecule has 1 aromatic heterocycles. The van der Waals surface area contributed by atoms with Gasteiger partial charge in [-0.15, -0.1) is 0 Å². The number of piperidine rings is 1. The predicted molar refractivity (Wildman–Crippen MR) is 158 cm³/mol. The summed E-state index contributed by atoms with van der Waals surface area (Å²) in [6, 6.07) is 18.6. The van der Waals surface area contributed by atoms with Crippen molar-refractivity contribution in [3.63, 3.8) is 0 Å². The molecule has 4 aromatic rings. The second-order valence-electron chi connectivity index (χ2n) is 11.3. The SMILES string of the molecule is C[N+](C1CCN(c2ccc3cnccc3c2)CC1)(C1CCc2ccc(OC(=O)O)cc21)S(=O)(=O)Cc1ccccc1F. The number of fused-ring (bicyclic) bond motifs is 2. The maximum absolute atomic E-state index is 14.7. The van der Waals surface area contributed by atoms with Gasteiger partial charge in [0, 0.05) is 66.9 Å². The van der Waals surface area contributed by atoms with Crippen molar-refractivity contribution in [2.24, 2.45) is 0 Å². The van der Waals surface area contributed by atoms with Gasteiger partial charge in [-0.3, -0.25) is 4.98 Å². The number of aromatic nitrogens is 1. The lowest BCUT2D eigenvalue weighted by molar-refractivity contribution is -0.846. The van der Waals surface area contributed by atoms with Crippen LogP contribution in [-0.2, 0) is 22.2 Å². The van der Waals surface area contributed by atoms with E-state index in [2.05, 4.69) is 28.1 Å². The molecule has 1 saturated heterocycles. The highest BCUT2D eigenvalue weighted by Crippen LogP contribution is 2.47. The van der Waals surface area contributed by atoms with Crippen LogP contribution in [0.5, 0.6) is 5.75 Å². The summed E-state index contributed by atoms with van der Waals surface area (Å²) >= 11 is 0. The van der Waals surface area contributed by atoms with Crippen molar-refractivity contribution in [3.05, 3.63) is 102 Å². The van der Waals surface area contributed by atoms with Crippen LogP contribution in [0.1, 0.15) is 42.0 Å². The Morgan fingerprint density at radius 2 is 1.83 bits per heavy atom. The summed E-state index contributed by atoms with van der Waals surface area (Å²) in [6.45, 7) is 1.35. The molecule has 1 aliphatic carbocycles. The quantitative estimate of drug-likeness (QED) is 0.159. The van der Waals surface area contributed by atoms with Gasteiger partial charge < -0.3 is 14.7 Å². The third-order valence-electron chi connectivity index (χ3n) is 9.06. The number of ether oxygens (including phenoxy) is 1. The highest BCUT2D eigenvalue weighted by atomic mass is 32.2. The molecule has 42 heavy (non-hydrogen) atoms. The fraction of sp³-hybridized carbons (Fsp3) is 0.312. The van der Waals surface area contributed by atoms with Crippen LogP contribution in [0, 0.1) is 5.82 Å². The molecule has 1 N–H and O–H groups in total. The molecule has 2 atom stereocenters. The van der Waals surface area contributed by atoms with E-state index in [4.69, 9.17) is 4.74 Å². The van der Waals surface area contributed by atoms with Gasteiger partial charge in [-0.05, 0) is 53.8 Å². The van der Waals surface area contributed by atoms with Crippen LogP contribution >= 0.6 is 0 Å². The second kappa shape index (κ2) is 11.0. The van der Waals surface area contributed by atoms with E-state index in [1.54, 1.807) is 37.5 Å². The van der Waals surface area contributed by atoms with Gasteiger partial charge in [0.05, 0.1) is 7.05 Å². The maximum atomic E-state index is 14.7. The number of carboxylic acid groups (broad SMARTS) is 1. The fourth-order valence-corrected chi connectivity index (χ4v) is 8.96. The van der Waals surface area contributed by atoms with E-state index in [9.17, 15) is 22.7 Å². The van der Waals surface area contributed by atoms with Crippen molar-refractivity contribution in [3.8, 4) is 5.75 Å². The smallest absolute Gasteiger partial charge is 0.449 e. The van der Waals surface area contributed by atoms with E-state index >= 15 is 0 Å². The molecule has 2 heterocycles. The Morgan fingerprint density at radius 3 is 2.60 bits per heavy atom. The Hall–Kier alpha value is -4.02. The maximum Gasteiger partial charge on any atom is 0.511 e. The average molecular weight is 591 g/mol. The molecule has 8 nitrogen and oxygen atoms in total. The van der Waals surface area contributed by atoms with E-state index in [1.165, 1.54) is 12.1 Å². The molecule has 2 unspecified atom stereocenters. The van der Waals surface area contributed by atoms with Gasteiger partial charge in [-0.2, -0.15) is 8.42 Å². The number of halogens is 1.